The Kier molecular flexibility index (Phi) is 7.44. The Morgan fingerprint density at radius 2 is 1.88 bits per heavy atom. The average Bonchev–Trinajstić information content (AvgIpc) is 2.10. The molecule has 0 radical (unpaired) electrons. The number of phosphoric ester groups is 1. The van der Waals surface area contributed by atoms with Gasteiger partial charge in [-0.05, 0) is 19.8 Å². The van der Waals surface area contributed by atoms with E-state index in [-0.39, 0.29) is 6.61 Å². The van der Waals surface area contributed by atoms with E-state index in [1.54, 1.807) is 6.08 Å². The van der Waals surface area contributed by atoms with Crippen molar-refractivity contribution >= 4 is 15.6 Å². The maximum absolute atomic E-state index is 11.0. The van der Waals surface area contributed by atoms with Crippen LogP contribution in [0, 0.1) is 0 Å². The van der Waals surface area contributed by atoms with Crippen molar-refractivity contribution in [1.29, 1.82) is 0 Å². The van der Waals surface area contributed by atoms with E-state index in [1.165, 1.54) is 0 Å². The van der Waals surface area contributed by atoms with Crippen LogP contribution in [0.15, 0.2) is 11.6 Å². The van der Waals surface area contributed by atoms with Gasteiger partial charge < -0.3 is 14.7 Å². The fraction of sp³-hybridized carbons (Fsp3) is 0.750. The molecule has 0 aromatic heterocycles. The lowest BCUT2D eigenvalue weighted by Gasteiger charge is -2.11. The standard InChI is InChI=1S/C8H18O7P2/c1-3-4-5-8(2)6-7-14-17(12,13)15-16(9,10)11/h6H,3-5,7H2,1-2H3,(H,12,13)(H2,9,10,11)/b8-6+. The molecule has 0 spiro atoms. The summed E-state index contributed by atoms with van der Waals surface area (Å²) in [5.74, 6) is 0. The Labute approximate surface area is 100 Å². The molecule has 0 aromatic carbocycles. The summed E-state index contributed by atoms with van der Waals surface area (Å²) >= 11 is 0. The highest BCUT2D eigenvalue weighted by atomic mass is 31.3. The van der Waals surface area contributed by atoms with Crippen LogP contribution in [0.2, 0.25) is 0 Å². The van der Waals surface area contributed by atoms with E-state index in [1.807, 2.05) is 13.8 Å². The maximum Gasteiger partial charge on any atom is 0.481 e. The van der Waals surface area contributed by atoms with Crippen LogP contribution < -0.4 is 0 Å². The van der Waals surface area contributed by atoms with Gasteiger partial charge in [-0.25, -0.2) is 9.13 Å². The normalized spacial score (nSPS) is 16.9. The van der Waals surface area contributed by atoms with E-state index >= 15 is 0 Å². The predicted octanol–water partition coefficient (Wildman–Crippen LogP) is 2.35. The first-order valence-corrected chi connectivity index (χ1v) is 8.08. The molecule has 0 aliphatic carbocycles. The molecule has 3 N–H and O–H groups in total. The predicted molar refractivity (Wildman–Crippen MR) is 62.2 cm³/mol. The molecule has 0 fully saturated rings. The fourth-order valence-corrected chi connectivity index (χ4v) is 2.52. The highest BCUT2D eigenvalue weighted by Crippen LogP contribution is 2.57. The van der Waals surface area contributed by atoms with Gasteiger partial charge in [0.2, 0.25) is 0 Å². The molecule has 9 heteroatoms. The molecule has 0 saturated carbocycles. The maximum atomic E-state index is 11.0. The van der Waals surface area contributed by atoms with Crippen LogP contribution in [0.3, 0.4) is 0 Å². The summed E-state index contributed by atoms with van der Waals surface area (Å²) < 4.78 is 29.3. The van der Waals surface area contributed by atoms with E-state index in [0.29, 0.717) is 0 Å². The SMILES string of the molecule is CCCC/C(C)=C/COP(=O)(O)OP(=O)(O)O. The summed E-state index contributed by atoms with van der Waals surface area (Å²) in [6.07, 6.45) is 4.44. The molecule has 0 rings (SSSR count). The van der Waals surface area contributed by atoms with Gasteiger partial charge in [0.25, 0.3) is 0 Å². The Hall–Kier alpha value is -0.0000000000000000416. The first-order valence-electron chi connectivity index (χ1n) is 5.06. The largest absolute Gasteiger partial charge is 0.481 e. The molecular weight excluding hydrogens is 270 g/mol. The van der Waals surface area contributed by atoms with Crippen molar-refractivity contribution in [3.05, 3.63) is 11.6 Å². The van der Waals surface area contributed by atoms with Crippen LogP contribution in [-0.2, 0) is 18.0 Å². The minimum Gasteiger partial charge on any atom is -0.302 e. The molecule has 17 heavy (non-hydrogen) atoms. The third-order valence-electron chi connectivity index (χ3n) is 1.80. The van der Waals surface area contributed by atoms with Crippen molar-refractivity contribution in [3.63, 3.8) is 0 Å². The topological polar surface area (TPSA) is 113 Å². The van der Waals surface area contributed by atoms with Gasteiger partial charge in [-0.2, -0.15) is 4.31 Å². The molecule has 0 amide bonds. The van der Waals surface area contributed by atoms with Crippen molar-refractivity contribution in [3.8, 4) is 0 Å². The molecule has 0 aromatic rings. The molecule has 1 unspecified atom stereocenters. The van der Waals surface area contributed by atoms with Crippen LogP contribution in [-0.4, -0.2) is 21.3 Å². The number of hydrogen-bond donors (Lipinski definition) is 3. The van der Waals surface area contributed by atoms with Crippen LogP contribution in [0.5, 0.6) is 0 Å². The summed E-state index contributed by atoms with van der Waals surface area (Å²) in [5.41, 5.74) is 0.975. The number of unbranched alkanes of at least 4 members (excludes halogenated alkanes) is 1. The first kappa shape index (κ1) is 17.0. The van der Waals surface area contributed by atoms with E-state index in [2.05, 4.69) is 8.83 Å². The molecule has 0 aliphatic heterocycles. The van der Waals surface area contributed by atoms with Crippen molar-refractivity contribution in [2.75, 3.05) is 6.61 Å². The van der Waals surface area contributed by atoms with E-state index in [9.17, 15) is 9.13 Å². The number of hydrogen-bond acceptors (Lipinski definition) is 4. The fourth-order valence-electron chi connectivity index (χ4n) is 0.989. The summed E-state index contributed by atoms with van der Waals surface area (Å²) in [4.78, 5) is 25.6. The van der Waals surface area contributed by atoms with Gasteiger partial charge in [-0.15, -0.1) is 0 Å². The Morgan fingerprint density at radius 3 is 2.35 bits per heavy atom. The summed E-state index contributed by atoms with van der Waals surface area (Å²) in [5, 5.41) is 0. The second-order valence-corrected chi connectivity index (χ2v) is 6.32. The van der Waals surface area contributed by atoms with Gasteiger partial charge >= 0.3 is 15.6 Å². The Morgan fingerprint density at radius 1 is 1.29 bits per heavy atom. The number of rotatable bonds is 8. The van der Waals surface area contributed by atoms with Crippen molar-refractivity contribution < 1.29 is 32.6 Å². The van der Waals surface area contributed by atoms with Gasteiger partial charge in [0.1, 0.15) is 0 Å². The van der Waals surface area contributed by atoms with Gasteiger partial charge in [0, 0.05) is 0 Å². The molecule has 7 nitrogen and oxygen atoms in total. The minimum absolute atomic E-state index is 0.233. The lowest BCUT2D eigenvalue weighted by atomic mass is 10.1. The monoisotopic (exact) mass is 288 g/mol. The zero-order valence-corrected chi connectivity index (χ0v) is 11.6. The van der Waals surface area contributed by atoms with Crippen LogP contribution in [0.25, 0.3) is 0 Å². The highest BCUT2D eigenvalue weighted by molar-refractivity contribution is 7.60. The second-order valence-electron chi connectivity index (χ2n) is 3.49. The van der Waals surface area contributed by atoms with E-state index < -0.39 is 15.6 Å². The van der Waals surface area contributed by atoms with E-state index in [4.69, 9.17) is 14.7 Å². The van der Waals surface area contributed by atoms with Crippen molar-refractivity contribution in [2.24, 2.45) is 0 Å². The quantitative estimate of drug-likeness (QED) is 0.464. The first-order chi connectivity index (χ1) is 7.66. The average molecular weight is 288 g/mol. The van der Waals surface area contributed by atoms with Gasteiger partial charge in [0.15, 0.2) is 0 Å². The van der Waals surface area contributed by atoms with Gasteiger partial charge in [0.05, 0.1) is 6.61 Å². The van der Waals surface area contributed by atoms with Gasteiger partial charge in [-0.3, -0.25) is 4.52 Å². The Bertz CT molecular complexity index is 346. The smallest absolute Gasteiger partial charge is 0.302 e. The third kappa shape index (κ3) is 10.9. The molecule has 1 atom stereocenters. The van der Waals surface area contributed by atoms with Crippen molar-refractivity contribution in [1.82, 2.24) is 0 Å². The summed E-state index contributed by atoms with van der Waals surface area (Å²) in [6.45, 7) is 3.65. The summed E-state index contributed by atoms with van der Waals surface area (Å²) in [6, 6.07) is 0. The van der Waals surface area contributed by atoms with E-state index in [0.717, 1.165) is 24.8 Å². The van der Waals surface area contributed by atoms with Crippen molar-refractivity contribution in [2.45, 2.75) is 33.1 Å². The number of phosphoric acid groups is 2. The Balaban J connectivity index is 4.11. The van der Waals surface area contributed by atoms with Crippen LogP contribution in [0.1, 0.15) is 33.1 Å². The molecule has 0 heterocycles. The highest BCUT2D eigenvalue weighted by Gasteiger charge is 2.31. The minimum atomic E-state index is -5.03. The zero-order valence-electron chi connectivity index (χ0n) is 9.77. The molecular formula is C8H18O7P2. The van der Waals surface area contributed by atoms with Crippen LogP contribution >= 0.6 is 15.6 Å². The zero-order chi connectivity index (χ0) is 13.5. The van der Waals surface area contributed by atoms with Gasteiger partial charge in [-0.1, -0.05) is 25.0 Å². The molecule has 0 bridgehead atoms. The molecule has 102 valence electrons. The lowest BCUT2D eigenvalue weighted by molar-refractivity contribution is 0.191. The summed E-state index contributed by atoms with van der Waals surface area (Å²) in [7, 11) is -9.73. The second kappa shape index (κ2) is 7.44. The lowest BCUT2D eigenvalue weighted by Crippen LogP contribution is -1.94. The number of allylic oxidation sites excluding steroid dienone is 1. The van der Waals surface area contributed by atoms with Crippen LogP contribution in [0.4, 0.5) is 0 Å². The molecule has 0 saturated heterocycles. The third-order valence-corrected chi connectivity index (χ3v) is 3.96. The molecule has 0 aliphatic rings.